The van der Waals surface area contributed by atoms with E-state index in [1.54, 1.807) is 4.57 Å². The standard InChI is InChI=1S/C28H31N2O4P/c31-28-29(21-13-2-1-3-14-22-35(32,33)34)26(23-15-7-4-8-16-23)27(24-17-9-5-10-18-24)30(28)25-19-11-6-12-20-25/h4-12,15-20H,1-3,13-14,21-22H2,(H2,32,33,34). The van der Waals surface area contributed by atoms with Crippen molar-refractivity contribution in [1.82, 2.24) is 9.13 Å². The third-order valence-corrected chi connectivity index (χ3v) is 6.98. The number of hydrogen-bond acceptors (Lipinski definition) is 2. The highest BCUT2D eigenvalue weighted by Crippen LogP contribution is 2.36. The van der Waals surface area contributed by atoms with E-state index >= 15 is 0 Å². The zero-order valence-corrected chi connectivity index (χ0v) is 20.6. The van der Waals surface area contributed by atoms with E-state index in [0.29, 0.717) is 13.0 Å². The van der Waals surface area contributed by atoms with Gasteiger partial charge in [0.15, 0.2) is 0 Å². The summed E-state index contributed by atoms with van der Waals surface area (Å²) in [6, 6.07) is 29.8. The fourth-order valence-corrected chi connectivity index (χ4v) is 5.07. The summed E-state index contributed by atoms with van der Waals surface area (Å²) in [6.07, 6.45) is 3.79. The monoisotopic (exact) mass is 490 g/mol. The SMILES string of the molecule is O=c1n(CCCCCCCP(=O)(O)O)c(-c2ccccc2)c(-c2ccccc2)n1-c1ccccc1. The molecule has 0 amide bonds. The quantitative estimate of drug-likeness (QED) is 0.197. The van der Waals surface area contributed by atoms with Crippen LogP contribution in [0.3, 0.4) is 0 Å². The van der Waals surface area contributed by atoms with E-state index in [9.17, 15) is 9.36 Å². The number of rotatable bonds is 11. The molecule has 0 saturated heterocycles. The van der Waals surface area contributed by atoms with Crippen LogP contribution in [0, 0.1) is 0 Å². The van der Waals surface area contributed by atoms with E-state index in [1.165, 1.54) is 0 Å². The van der Waals surface area contributed by atoms with Gasteiger partial charge in [-0.2, -0.15) is 0 Å². The van der Waals surface area contributed by atoms with Crippen LogP contribution in [0.4, 0.5) is 0 Å². The van der Waals surface area contributed by atoms with Gasteiger partial charge >= 0.3 is 13.3 Å². The van der Waals surface area contributed by atoms with E-state index < -0.39 is 7.60 Å². The molecule has 0 aliphatic carbocycles. The Bertz CT molecular complexity index is 1330. The summed E-state index contributed by atoms with van der Waals surface area (Å²) < 4.78 is 14.7. The van der Waals surface area contributed by atoms with Crippen LogP contribution >= 0.6 is 7.60 Å². The lowest BCUT2D eigenvalue weighted by Gasteiger charge is -2.12. The fraction of sp³-hybridized carbons (Fsp3) is 0.250. The van der Waals surface area contributed by atoms with Crippen molar-refractivity contribution in [1.29, 1.82) is 0 Å². The Morgan fingerprint density at radius 3 is 1.69 bits per heavy atom. The fourth-order valence-electron chi connectivity index (χ4n) is 4.44. The van der Waals surface area contributed by atoms with Crippen LogP contribution in [0.1, 0.15) is 32.1 Å². The van der Waals surface area contributed by atoms with Gasteiger partial charge in [0.1, 0.15) is 0 Å². The van der Waals surface area contributed by atoms with Crippen molar-refractivity contribution in [3.05, 3.63) is 101 Å². The lowest BCUT2D eigenvalue weighted by Crippen LogP contribution is -2.24. The molecule has 0 aliphatic rings. The molecule has 0 spiro atoms. The Balaban J connectivity index is 1.70. The van der Waals surface area contributed by atoms with Crippen LogP contribution < -0.4 is 5.69 Å². The largest absolute Gasteiger partial charge is 0.333 e. The highest BCUT2D eigenvalue weighted by molar-refractivity contribution is 7.51. The first-order chi connectivity index (χ1) is 17.0. The molecule has 35 heavy (non-hydrogen) atoms. The van der Waals surface area contributed by atoms with Gasteiger partial charge in [-0.1, -0.05) is 98.1 Å². The number of hydrogen-bond donors (Lipinski definition) is 2. The molecule has 0 atom stereocenters. The molecule has 1 aromatic heterocycles. The third kappa shape index (κ3) is 6.29. The number of benzene rings is 3. The highest BCUT2D eigenvalue weighted by Gasteiger charge is 2.23. The van der Waals surface area contributed by atoms with Crippen LogP contribution in [0.25, 0.3) is 28.2 Å². The zero-order valence-electron chi connectivity index (χ0n) is 19.7. The molecule has 2 N–H and O–H groups in total. The van der Waals surface area contributed by atoms with Crippen molar-refractivity contribution in [2.45, 2.75) is 38.6 Å². The number of imidazole rings is 1. The predicted molar refractivity (Wildman–Crippen MR) is 141 cm³/mol. The summed E-state index contributed by atoms with van der Waals surface area (Å²) >= 11 is 0. The molecule has 3 aromatic carbocycles. The number of para-hydroxylation sites is 1. The molecule has 0 radical (unpaired) electrons. The van der Waals surface area contributed by atoms with Crippen molar-refractivity contribution >= 4 is 7.60 Å². The van der Waals surface area contributed by atoms with E-state index in [0.717, 1.165) is 53.9 Å². The molecule has 0 fully saturated rings. The van der Waals surface area contributed by atoms with Gasteiger partial charge in [-0.05, 0) is 25.0 Å². The molecule has 0 bridgehead atoms. The molecule has 1 heterocycles. The van der Waals surface area contributed by atoms with Gasteiger partial charge in [0, 0.05) is 23.8 Å². The van der Waals surface area contributed by atoms with Crippen molar-refractivity contribution in [3.63, 3.8) is 0 Å². The summed E-state index contributed by atoms with van der Waals surface area (Å²) in [7, 11) is -3.93. The average Bonchev–Trinajstić information content (AvgIpc) is 3.16. The Morgan fingerprint density at radius 2 is 1.11 bits per heavy atom. The van der Waals surface area contributed by atoms with Gasteiger partial charge in [-0.25, -0.2) is 4.79 Å². The van der Waals surface area contributed by atoms with Crippen molar-refractivity contribution in [3.8, 4) is 28.2 Å². The summed E-state index contributed by atoms with van der Waals surface area (Å²) in [4.78, 5) is 31.9. The molecule has 0 unspecified atom stereocenters. The second-order valence-electron chi connectivity index (χ2n) is 8.69. The van der Waals surface area contributed by atoms with E-state index in [1.807, 2.05) is 95.6 Å². The van der Waals surface area contributed by atoms with Gasteiger partial charge in [0.05, 0.1) is 17.1 Å². The molecule has 0 aliphatic heterocycles. The van der Waals surface area contributed by atoms with Crippen LogP contribution in [-0.2, 0) is 11.1 Å². The average molecular weight is 491 g/mol. The molecular weight excluding hydrogens is 459 g/mol. The van der Waals surface area contributed by atoms with Gasteiger partial charge in [0.2, 0.25) is 0 Å². The summed E-state index contributed by atoms with van der Waals surface area (Å²) in [5, 5.41) is 0. The van der Waals surface area contributed by atoms with Gasteiger partial charge < -0.3 is 9.79 Å². The number of aromatic nitrogens is 2. The first kappa shape index (κ1) is 24.9. The maximum atomic E-state index is 13.9. The Kier molecular flexibility index (Phi) is 8.19. The molecule has 0 saturated carbocycles. The Morgan fingerprint density at radius 1 is 0.629 bits per heavy atom. The third-order valence-electron chi connectivity index (χ3n) is 6.08. The molecule has 6 nitrogen and oxygen atoms in total. The lowest BCUT2D eigenvalue weighted by molar-refractivity contribution is 0.370. The van der Waals surface area contributed by atoms with E-state index in [-0.39, 0.29) is 11.9 Å². The van der Waals surface area contributed by atoms with Gasteiger partial charge in [-0.15, -0.1) is 0 Å². The Hall–Kier alpha value is -3.18. The molecule has 182 valence electrons. The summed E-state index contributed by atoms with van der Waals surface area (Å²) in [6.45, 7) is 0.571. The number of unbranched alkanes of at least 4 members (excludes halogenated alkanes) is 4. The van der Waals surface area contributed by atoms with E-state index in [4.69, 9.17) is 9.79 Å². The minimum Gasteiger partial charge on any atom is -0.324 e. The van der Waals surface area contributed by atoms with Crippen LogP contribution in [0.5, 0.6) is 0 Å². The minimum atomic E-state index is -3.93. The van der Waals surface area contributed by atoms with Crippen LogP contribution in [0.2, 0.25) is 0 Å². The number of nitrogens with zero attached hydrogens (tertiary/aromatic N) is 2. The molecule has 4 rings (SSSR count). The first-order valence-corrected chi connectivity index (χ1v) is 13.8. The zero-order chi connectivity index (χ0) is 24.7. The molecule has 7 heteroatoms. The summed E-state index contributed by atoms with van der Waals surface area (Å²) in [5.74, 6) is 0. The normalized spacial score (nSPS) is 11.6. The maximum absolute atomic E-state index is 13.9. The first-order valence-electron chi connectivity index (χ1n) is 12.0. The smallest absolute Gasteiger partial charge is 0.324 e. The Labute approximate surface area is 205 Å². The van der Waals surface area contributed by atoms with Crippen molar-refractivity contribution < 1.29 is 14.4 Å². The molecule has 4 aromatic rings. The van der Waals surface area contributed by atoms with Crippen molar-refractivity contribution in [2.75, 3.05) is 6.16 Å². The molecular formula is C28H31N2O4P. The highest BCUT2D eigenvalue weighted by atomic mass is 31.2. The maximum Gasteiger partial charge on any atom is 0.333 e. The van der Waals surface area contributed by atoms with Crippen LogP contribution in [-0.4, -0.2) is 25.1 Å². The minimum absolute atomic E-state index is 0.0645. The second-order valence-corrected chi connectivity index (χ2v) is 10.5. The summed E-state index contributed by atoms with van der Waals surface area (Å²) in [5.41, 5.74) is 4.48. The topological polar surface area (TPSA) is 84.5 Å². The van der Waals surface area contributed by atoms with Crippen LogP contribution in [0.15, 0.2) is 95.8 Å². The van der Waals surface area contributed by atoms with Gasteiger partial charge in [0.25, 0.3) is 0 Å². The predicted octanol–water partition coefficient (Wildman–Crippen LogP) is 6.10. The second kappa shape index (κ2) is 11.5. The van der Waals surface area contributed by atoms with Crippen molar-refractivity contribution in [2.24, 2.45) is 0 Å². The lowest BCUT2D eigenvalue weighted by atomic mass is 10.0. The van der Waals surface area contributed by atoms with Gasteiger partial charge in [-0.3, -0.25) is 13.7 Å². The van der Waals surface area contributed by atoms with E-state index in [2.05, 4.69) is 0 Å².